The quantitative estimate of drug-likeness (QED) is 0.745. The van der Waals surface area contributed by atoms with Gasteiger partial charge in [-0.15, -0.1) is 6.58 Å². The predicted molar refractivity (Wildman–Crippen MR) is 98.4 cm³/mol. The molecule has 3 rings (SSSR count). The second-order valence-electron chi connectivity index (χ2n) is 6.22. The molecule has 1 saturated heterocycles. The highest BCUT2D eigenvalue weighted by atomic mass is 16.5. The molecule has 1 aromatic carbocycles. The number of para-hydroxylation sites is 2. The first-order valence-corrected chi connectivity index (χ1v) is 8.47. The second kappa shape index (κ2) is 7.57. The van der Waals surface area contributed by atoms with Crippen molar-refractivity contribution >= 4 is 11.5 Å². The summed E-state index contributed by atoms with van der Waals surface area (Å²) in [5, 5.41) is 6.78. The molecule has 0 aliphatic carbocycles. The summed E-state index contributed by atoms with van der Waals surface area (Å²) in [6, 6.07) is 8.24. The molecule has 0 N–H and O–H groups in total. The average Bonchev–Trinajstić information content (AvgIpc) is 2.95. The minimum Gasteiger partial charge on any atom is -0.495 e. The summed E-state index contributed by atoms with van der Waals surface area (Å²) < 4.78 is 5.48. The van der Waals surface area contributed by atoms with E-state index < -0.39 is 0 Å². The fourth-order valence-corrected chi connectivity index (χ4v) is 3.27. The Kier molecular flexibility index (Phi) is 5.25. The number of hydrazone groups is 1. The third-order valence-corrected chi connectivity index (χ3v) is 4.59. The van der Waals surface area contributed by atoms with Gasteiger partial charge in [0.25, 0.3) is 0 Å². The number of amidine groups is 1. The first kappa shape index (κ1) is 16.6. The lowest BCUT2D eigenvalue weighted by Gasteiger charge is -2.37. The van der Waals surface area contributed by atoms with Crippen molar-refractivity contribution in [2.45, 2.75) is 6.92 Å². The van der Waals surface area contributed by atoms with Gasteiger partial charge in [0, 0.05) is 32.7 Å². The van der Waals surface area contributed by atoms with E-state index in [9.17, 15) is 0 Å². The number of nitrogens with zero attached hydrogens (tertiary/aromatic N) is 5. The fraction of sp³-hybridized carbons (Fsp3) is 0.500. The molecule has 24 heavy (non-hydrogen) atoms. The molecular weight excluding hydrogens is 302 g/mol. The second-order valence-corrected chi connectivity index (χ2v) is 6.22. The first-order chi connectivity index (χ1) is 11.7. The van der Waals surface area contributed by atoms with Crippen LogP contribution < -0.4 is 9.64 Å². The smallest absolute Gasteiger partial charge is 0.142 e. The van der Waals surface area contributed by atoms with E-state index in [2.05, 4.69) is 50.4 Å². The molecule has 0 aromatic heterocycles. The van der Waals surface area contributed by atoms with Crippen LogP contribution in [-0.2, 0) is 0 Å². The predicted octanol–water partition coefficient (Wildman–Crippen LogP) is 1.87. The standard InChI is InChI=1S/C18H27N5O/c1-4-9-22-15-23(19-16(22)2)14-20-10-12-21(13-11-20)17-7-5-6-8-18(17)24-3/h4-8H,1,9-15H2,2-3H3. The van der Waals surface area contributed by atoms with Crippen LogP contribution in [0.4, 0.5) is 5.69 Å². The van der Waals surface area contributed by atoms with Gasteiger partial charge in [-0.1, -0.05) is 18.2 Å². The molecule has 1 aromatic rings. The fourth-order valence-electron chi connectivity index (χ4n) is 3.27. The van der Waals surface area contributed by atoms with E-state index in [0.29, 0.717) is 0 Å². The van der Waals surface area contributed by atoms with Crippen molar-refractivity contribution < 1.29 is 4.74 Å². The number of piperazine rings is 1. The molecule has 6 nitrogen and oxygen atoms in total. The summed E-state index contributed by atoms with van der Waals surface area (Å²) in [6.07, 6.45) is 1.93. The maximum atomic E-state index is 5.48. The SMILES string of the molecule is C=CCN1CN(CN2CCN(c3ccccc3OC)CC2)N=C1C. The summed E-state index contributed by atoms with van der Waals surface area (Å²) in [6.45, 7) is 12.5. The zero-order chi connectivity index (χ0) is 16.9. The number of benzene rings is 1. The van der Waals surface area contributed by atoms with Crippen LogP contribution in [0.15, 0.2) is 42.0 Å². The molecule has 0 bridgehead atoms. The summed E-state index contributed by atoms with van der Waals surface area (Å²) in [4.78, 5) is 7.09. The monoisotopic (exact) mass is 329 g/mol. The van der Waals surface area contributed by atoms with E-state index in [1.807, 2.05) is 18.2 Å². The maximum absolute atomic E-state index is 5.48. The lowest BCUT2D eigenvalue weighted by molar-refractivity contribution is 0.116. The Morgan fingerprint density at radius 1 is 1.21 bits per heavy atom. The van der Waals surface area contributed by atoms with Crippen LogP contribution in [0.2, 0.25) is 0 Å². The van der Waals surface area contributed by atoms with Gasteiger partial charge in [0.2, 0.25) is 0 Å². The van der Waals surface area contributed by atoms with Gasteiger partial charge in [0.1, 0.15) is 18.3 Å². The van der Waals surface area contributed by atoms with Crippen molar-refractivity contribution in [1.29, 1.82) is 0 Å². The minimum atomic E-state index is 0.852. The third-order valence-electron chi connectivity index (χ3n) is 4.59. The van der Waals surface area contributed by atoms with Crippen LogP contribution in [0.1, 0.15) is 6.92 Å². The molecule has 0 radical (unpaired) electrons. The Bertz CT molecular complexity index is 595. The van der Waals surface area contributed by atoms with Crippen LogP contribution in [0.25, 0.3) is 0 Å². The Labute approximate surface area is 144 Å². The molecule has 0 spiro atoms. The van der Waals surface area contributed by atoms with Crippen molar-refractivity contribution in [3.8, 4) is 5.75 Å². The van der Waals surface area contributed by atoms with Crippen molar-refractivity contribution in [3.05, 3.63) is 36.9 Å². The molecule has 0 saturated carbocycles. The van der Waals surface area contributed by atoms with E-state index in [1.54, 1.807) is 7.11 Å². The molecule has 1 fully saturated rings. The highest BCUT2D eigenvalue weighted by Crippen LogP contribution is 2.28. The topological polar surface area (TPSA) is 34.5 Å². The Hall–Kier alpha value is -2.21. The van der Waals surface area contributed by atoms with E-state index in [0.717, 1.165) is 57.6 Å². The van der Waals surface area contributed by atoms with E-state index in [1.165, 1.54) is 5.69 Å². The number of methoxy groups -OCH3 is 1. The number of rotatable bonds is 6. The van der Waals surface area contributed by atoms with E-state index in [4.69, 9.17) is 4.74 Å². The van der Waals surface area contributed by atoms with Gasteiger partial charge in [-0.05, 0) is 19.1 Å². The van der Waals surface area contributed by atoms with Crippen molar-refractivity contribution in [1.82, 2.24) is 14.8 Å². The van der Waals surface area contributed by atoms with Crippen molar-refractivity contribution in [2.24, 2.45) is 5.10 Å². The normalized spacial score (nSPS) is 18.8. The van der Waals surface area contributed by atoms with Crippen molar-refractivity contribution in [3.63, 3.8) is 0 Å². The largest absolute Gasteiger partial charge is 0.495 e. The molecule has 2 aliphatic rings. The van der Waals surface area contributed by atoms with E-state index >= 15 is 0 Å². The Balaban J connectivity index is 1.52. The maximum Gasteiger partial charge on any atom is 0.142 e. The summed E-state index contributed by atoms with van der Waals surface area (Å²) >= 11 is 0. The van der Waals surface area contributed by atoms with Crippen LogP contribution in [0, 0.1) is 0 Å². The number of hydrogen-bond donors (Lipinski definition) is 0. The van der Waals surface area contributed by atoms with Crippen LogP contribution in [0.3, 0.4) is 0 Å². The number of ether oxygens (including phenoxy) is 1. The zero-order valence-electron chi connectivity index (χ0n) is 14.7. The molecule has 2 heterocycles. The third kappa shape index (κ3) is 3.64. The molecule has 6 heteroatoms. The highest BCUT2D eigenvalue weighted by molar-refractivity contribution is 5.80. The van der Waals surface area contributed by atoms with Gasteiger partial charge in [-0.25, -0.2) is 0 Å². The molecule has 0 atom stereocenters. The molecule has 0 unspecified atom stereocenters. The van der Waals surface area contributed by atoms with Gasteiger partial charge >= 0.3 is 0 Å². The average molecular weight is 329 g/mol. The Morgan fingerprint density at radius 2 is 1.96 bits per heavy atom. The lowest BCUT2D eigenvalue weighted by Crippen LogP contribution is -2.49. The van der Waals surface area contributed by atoms with Crippen LogP contribution >= 0.6 is 0 Å². The van der Waals surface area contributed by atoms with Gasteiger partial charge in [-0.3, -0.25) is 9.91 Å². The highest BCUT2D eigenvalue weighted by Gasteiger charge is 2.24. The lowest BCUT2D eigenvalue weighted by atomic mass is 10.2. The van der Waals surface area contributed by atoms with Gasteiger partial charge in [0.15, 0.2) is 0 Å². The molecule has 2 aliphatic heterocycles. The van der Waals surface area contributed by atoms with Crippen LogP contribution in [-0.4, -0.2) is 73.8 Å². The Morgan fingerprint density at radius 3 is 2.67 bits per heavy atom. The van der Waals surface area contributed by atoms with Crippen molar-refractivity contribution in [2.75, 3.05) is 58.1 Å². The molecule has 0 amide bonds. The first-order valence-electron chi connectivity index (χ1n) is 8.47. The molecule has 130 valence electrons. The van der Waals surface area contributed by atoms with E-state index in [-0.39, 0.29) is 0 Å². The van der Waals surface area contributed by atoms with Gasteiger partial charge < -0.3 is 14.5 Å². The summed E-state index contributed by atoms with van der Waals surface area (Å²) in [7, 11) is 1.73. The van der Waals surface area contributed by atoms with Gasteiger partial charge in [0.05, 0.1) is 19.5 Å². The summed E-state index contributed by atoms with van der Waals surface area (Å²) in [5.41, 5.74) is 1.19. The molecular formula is C18H27N5O. The van der Waals surface area contributed by atoms with Gasteiger partial charge in [-0.2, -0.15) is 5.10 Å². The zero-order valence-corrected chi connectivity index (χ0v) is 14.7. The number of hydrogen-bond acceptors (Lipinski definition) is 6. The minimum absolute atomic E-state index is 0.852. The summed E-state index contributed by atoms with van der Waals surface area (Å²) in [5.74, 6) is 2.02. The number of anilines is 1. The van der Waals surface area contributed by atoms with Crippen LogP contribution in [0.5, 0.6) is 5.75 Å².